The van der Waals surface area contributed by atoms with Gasteiger partial charge in [0, 0.05) is 6.04 Å². The van der Waals surface area contributed by atoms with Gasteiger partial charge < -0.3 is 10.3 Å². The molecule has 2 bridgehead atoms. The van der Waals surface area contributed by atoms with Crippen LogP contribution in [0.4, 0.5) is 0 Å². The van der Waals surface area contributed by atoms with E-state index in [-0.39, 0.29) is 17.2 Å². The third-order valence-electron chi connectivity index (χ3n) is 5.83. The van der Waals surface area contributed by atoms with Crippen molar-refractivity contribution in [2.75, 3.05) is 0 Å². The van der Waals surface area contributed by atoms with Crippen LogP contribution in [-0.2, 0) is 4.79 Å². The molecule has 0 aliphatic heterocycles. The highest BCUT2D eigenvalue weighted by atomic mass is 32.2. The van der Waals surface area contributed by atoms with E-state index >= 15 is 0 Å². The minimum Gasteiger partial charge on any atom is -0.352 e. The highest BCUT2D eigenvalue weighted by Crippen LogP contribution is 2.49. The highest BCUT2D eigenvalue weighted by molar-refractivity contribution is 8.00. The summed E-state index contributed by atoms with van der Waals surface area (Å²) in [4.78, 5) is 20.4. The van der Waals surface area contributed by atoms with Gasteiger partial charge in [0.05, 0.1) is 16.3 Å². The molecule has 2 fully saturated rings. The summed E-state index contributed by atoms with van der Waals surface area (Å²) >= 11 is 1.50. The van der Waals surface area contributed by atoms with Crippen LogP contribution in [0, 0.1) is 17.8 Å². The Labute approximate surface area is 147 Å². The van der Waals surface area contributed by atoms with Crippen molar-refractivity contribution in [2.45, 2.75) is 56.0 Å². The number of aromatic amines is 1. The van der Waals surface area contributed by atoms with Gasteiger partial charge in [0.15, 0.2) is 5.16 Å². The van der Waals surface area contributed by atoms with E-state index in [1.54, 1.807) is 0 Å². The predicted molar refractivity (Wildman–Crippen MR) is 98.0 cm³/mol. The number of hydrogen-bond acceptors (Lipinski definition) is 3. The van der Waals surface area contributed by atoms with E-state index in [2.05, 4.69) is 22.2 Å². The van der Waals surface area contributed by atoms with Crippen LogP contribution in [0.15, 0.2) is 29.4 Å². The van der Waals surface area contributed by atoms with E-state index in [9.17, 15) is 4.79 Å². The second-order valence-corrected chi connectivity index (χ2v) is 8.78. The summed E-state index contributed by atoms with van der Waals surface area (Å²) in [6.45, 7) is 4.14. The molecule has 5 heteroatoms. The lowest BCUT2D eigenvalue weighted by molar-refractivity contribution is -0.121. The van der Waals surface area contributed by atoms with Crippen LogP contribution in [0.5, 0.6) is 0 Å². The Bertz CT molecular complexity index is 710. The van der Waals surface area contributed by atoms with Crippen LogP contribution >= 0.6 is 11.8 Å². The maximum absolute atomic E-state index is 12.6. The molecule has 1 heterocycles. The number of carbonyl (C=O) groups is 1. The van der Waals surface area contributed by atoms with Gasteiger partial charge in [-0.3, -0.25) is 4.79 Å². The molecule has 2 N–H and O–H groups in total. The smallest absolute Gasteiger partial charge is 0.233 e. The number of benzene rings is 1. The zero-order valence-corrected chi connectivity index (χ0v) is 15.1. The van der Waals surface area contributed by atoms with Gasteiger partial charge in [-0.1, -0.05) is 30.3 Å². The summed E-state index contributed by atoms with van der Waals surface area (Å²) in [5.41, 5.74) is 1.96. The van der Waals surface area contributed by atoms with Gasteiger partial charge in [-0.15, -0.1) is 0 Å². The van der Waals surface area contributed by atoms with E-state index in [1.165, 1.54) is 37.4 Å². The summed E-state index contributed by atoms with van der Waals surface area (Å²) in [5.74, 6) is 2.55. The first-order valence-corrected chi connectivity index (χ1v) is 9.90. The molecule has 2 saturated carbocycles. The molecular weight excluding hydrogens is 318 g/mol. The van der Waals surface area contributed by atoms with Gasteiger partial charge in [-0.2, -0.15) is 0 Å². The van der Waals surface area contributed by atoms with Gasteiger partial charge in [0.1, 0.15) is 0 Å². The number of rotatable bonds is 5. The third kappa shape index (κ3) is 3.06. The van der Waals surface area contributed by atoms with Crippen molar-refractivity contribution in [1.82, 2.24) is 15.3 Å². The molecule has 4 nitrogen and oxygen atoms in total. The molecule has 0 spiro atoms. The Balaban J connectivity index is 1.35. The van der Waals surface area contributed by atoms with Crippen LogP contribution in [0.3, 0.4) is 0 Å². The minimum atomic E-state index is -0.147. The molecule has 2 aliphatic carbocycles. The van der Waals surface area contributed by atoms with E-state index in [0.717, 1.165) is 28.0 Å². The lowest BCUT2D eigenvalue weighted by atomic mass is 9.84. The first kappa shape index (κ1) is 16.0. The summed E-state index contributed by atoms with van der Waals surface area (Å²) in [6, 6.07) is 8.24. The molecular formula is C19H25N3OS. The molecule has 2 aromatic rings. The van der Waals surface area contributed by atoms with Crippen LogP contribution in [0.2, 0.25) is 0 Å². The van der Waals surface area contributed by atoms with Gasteiger partial charge >= 0.3 is 0 Å². The van der Waals surface area contributed by atoms with Crippen molar-refractivity contribution in [2.24, 2.45) is 17.8 Å². The van der Waals surface area contributed by atoms with Crippen molar-refractivity contribution in [3.05, 3.63) is 24.3 Å². The SMILES string of the molecule is C[C@H](Sc1nc2ccccc2[nH]1)C(=O)N[C@H](C)[C@@H]1C[C@H]2CC[C@H]1C2. The lowest BCUT2D eigenvalue weighted by Crippen LogP contribution is -2.43. The first-order chi connectivity index (χ1) is 11.6. The average molecular weight is 343 g/mol. The van der Waals surface area contributed by atoms with Gasteiger partial charge in [-0.25, -0.2) is 4.98 Å². The normalized spacial score (nSPS) is 28.2. The van der Waals surface area contributed by atoms with Crippen molar-refractivity contribution in [1.29, 1.82) is 0 Å². The summed E-state index contributed by atoms with van der Waals surface area (Å²) < 4.78 is 0. The number of para-hydroxylation sites is 2. The van der Waals surface area contributed by atoms with Gasteiger partial charge in [0.25, 0.3) is 0 Å². The molecule has 5 atom stereocenters. The first-order valence-electron chi connectivity index (χ1n) is 9.02. The van der Waals surface area contributed by atoms with E-state index in [4.69, 9.17) is 0 Å². The third-order valence-corrected chi connectivity index (χ3v) is 6.81. The molecule has 0 saturated heterocycles. The number of imidazole rings is 1. The fourth-order valence-electron chi connectivity index (χ4n) is 4.56. The lowest BCUT2D eigenvalue weighted by Gasteiger charge is -2.29. The van der Waals surface area contributed by atoms with Crippen LogP contribution in [0.1, 0.15) is 39.5 Å². The van der Waals surface area contributed by atoms with E-state index in [0.29, 0.717) is 5.92 Å². The Morgan fingerprint density at radius 1 is 1.29 bits per heavy atom. The molecule has 128 valence electrons. The quantitative estimate of drug-likeness (QED) is 0.807. The number of nitrogens with zero attached hydrogens (tertiary/aromatic N) is 1. The Kier molecular flexibility index (Phi) is 4.29. The molecule has 1 aromatic heterocycles. The number of fused-ring (bicyclic) bond motifs is 3. The molecule has 4 rings (SSSR count). The summed E-state index contributed by atoms with van der Waals surface area (Å²) in [7, 11) is 0. The summed E-state index contributed by atoms with van der Waals surface area (Å²) in [5, 5.41) is 3.92. The molecule has 0 radical (unpaired) electrons. The monoisotopic (exact) mass is 343 g/mol. The maximum Gasteiger partial charge on any atom is 0.233 e. The standard InChI is InChI=1S/C19H25N3OS/c1-11(15-10-13-7-8-14(15)9-13)20-18(23)12(2)24-19-21-16-5-3-4-6-17(16)22-19/h3-6,11-15H,7-10H2,1-2H3,(H,20,23)(H,21,22)/t11-,12+,13+,14+,15+/m1/s1. The Morgan fingerprint density at radius 3 is 2.83 bits per heavy atom. The minimum absolute atomic E-state index is 0.121. The largest absolute Gasteiger partial charge is 0.352 e. The van der Waals surface area contributed by atoms with Gasteiger partial charge in [-0.05, 0) is 63.0 Å². The maximum atomic E-state index is 12.6. The average Bonchev–Trinajstić information content (AvgIpc) is 3.28. The number of carbonyl (C=O) groups excluding carboxylic acids is 1. The highest BCUT2D eigenvalue weighted by Gasteiger charge is 2.42. The van der Waals surface area contributed by atoms with Crippen molar-refractivity contribution in [3.63, 3.8) is 0 Å². The van der Waals surface area contributed by atoms with Crippen LogP contribution in [0.25, 0.3) is 11.0 Å². The number of aromatic nitrogens is 2. The number of thioether (sulfide) groups is 1. The second kappa shape index (κ2) is 6.43. The van der Waals surface area contributed by atoms with Crippen molar-refractivity contribution >= 4 is 28.7 Å². The topological polar surface area (TPSA) is 57.8 Å². The predicted octanol–water partition coefficient (Wildman–Crippen LogP) is 3.98. The second-order valence-electron chi connectivity index (χ2n) is 7.46. The number of hydrogen-bond donors (Lipinski definition) is 2. The van der Waals surface area contributed by atoms with E-state index < -0.39 is 0 Å². The summed E-state index contributed by atoms with van der Waals surface area (Å²) in [6.07, 6.45) is 5.45. The fraction of sp³-hybridized carbons (Fsp3) is 0.579. The van der Waals surface area contributed by atoms with Crippen LogP contribution in [-0.4, -0.2) is 27.2 Å². The Hall–Kier alpha value is -1.49. The molecule has 24 heavy (non-hydrogen) atoms. The van der Waals surface area contributed by atoms with Crippen molar-refractivity contribution < 1.29 is 4.79 Å². The number of H-pyrrole nitrogens is 1. The van der Waals surface area contributed by atoms with Gasteiger partial charge in [0.2, 0.25) is 5.91 Å². The Morgan fingerprint density at radius 2 is 2.12 bits per heavy atom. The zero-order valence-electron chi connectivity index (χ0n) is 14.3. The van der Waals surface area contributed by atoms with Crippen LogP contribution < -0.4 is 5.32 Å². The zero-order chi connectivity index (χ0) is 16.7. The molecule has 1 aromatic carbocycles. The molecule has 2 aliphatic rings. The molecule has 1 amide bonds. The molecule has 0 unspecified atom stereocenters. The van der Waals surface area contributed by atoms with Crippen molar-refractivity contribution in [3.8, 4) is 0 Å². The fourth-order valence-corrected chi connectivity index (χ4v) is 5.39. The number of nitrogens with one attached hydrogen (secondary N) is 2. The number of amides is 1. The van der Waals surface area contributed by atoms with E-state index in [1.807, 2.05) is 31.2 Å².